The normalized spacial score (nSPS) is 17.4. The summed E-state index contributed by atoms with van der Waals surface area (Å²) in [5, 5.41) is 4.35. The van der Waals surface area contributed by atoms with Crippen LogP contribution in [0.5, 0.6) is 0 Å². The third-order valence-corrected chi connectivity index (χ3v) is 5.12. The van der Waals surface area contributed by atoms with E-state index in [9.17, 15) is 4.79 Å². The standard InChI is InChI=1S/C21H24N4O/c26-21(24-14-4-9-19(17-24)25-15-6-12-22-25)20-10-5-13-23(20)16-11-18-7-2-1-3-8-18/h1-3,5-8,10,12-13,15,19H,4,9,11,14,16-17H2/t19-/m1/s1. The lowest BCUT2D eigenvalue weighted by atomic mass is 10.1. The molecule has 0 N–H and O–H groups in total. The van der Waals surface area contributed by atoms with Gasteiger partial charge in [0.05, 0.1) is 6.04 Å². The minimum atomic E-state index is 0.125. The van der Waals surface area contributed by atoms with Crippen molar-refractivity contribution >= 4 is 5.91 Å². The lowest BCUT2D eigenvalue weighted by Crippen LogP contribution is -2.41. The number of amides is 1. The molecule has 5 heteroatoms. The van der Waals surface area contributed by atoms with Gasteiger partial charge in [0.1, 0.15) is 5.69 Å². The smallest absolute Gasteiger partial charge is 0.270 e. The molecule has 4 rings (SSSR count). The topological polar surface area (TPSA) is 43.1 Å². The Labute approximate surface area is 153 Å². The first kappa shape index (κ1) is 16.6. The number of aromatic nitrogens is 3. The fourth-order valence-corrected chi connectivity index (χ4v) is 3.71. The van der Waals surface area contributed by atoms with Crippen LogP contribution in [-0.2, 0) is 13.0 Å². The van der Waals surface area contributed by atoms with Gasteiger partial charge in [-0.25, -0.2) is 0 Å². The van der Waals surface area contributed by atoms with Gasteiger partial charge in [0.15, 0.2) is 0 Å². The molecule has 1 aliphatic heterocycles. The summed E-state index contributed by atoms with van der Waals surface area (Å²) in [7, 11) is 0. The fourth-order valence-electron chi connectivity index (χ4n) is 3.71. The molecule has 1 atom stereocenters. The van der Waals surface area contributed by atoms with E-state index in [4.69, 9.17) is 0 Å². The highest BCUT2D eigenvalue weighted by molar-refractivity contribution is 5.92. The summed E-state index contributed by atoms with van der Waals surface area (Å²) in [6.45, 7) is 2.36. The zero-order valence-corrected chi connectivity index (χ0v) is 14.9. The number of rotatable bonds is 5. The van der Waals surface area contributed by atoms with E-state index in [0.29, 0.717) is 0 Å². The highest BCUT2D eigenvalue weighted by Gasteiger charge is 2.27. The Morgan fingerprint density at radius 1 is 1.08 bits per heavy atom. The predicted octanol–water partition coefficient (Wildman–Crippen LogP) is 3.40. The van der Waals surface area contributed by atoms with Gasteiger partial charge in [-0.3, -0.25) is 9.48 Å². The second-order valence-corrected chi connectivity index (χ2v) is 6.86. The van der Waals surface area contributed by atoms with Crippen LogP contribution in [0.3, 0.4) is 0 Å². The largest absolute Gasteiger partial charge is 0.343 e. The number of nitrogens with zero attached hydrogens (tertiary/aromatic N) is 4. The minimum absolute atomic E-state index is 0.125. The first-order chi connectivity index (χ1) is 12.8. The molecule has 5 nitrogen and oxygen atoms in total. The molecule has 0 radical (unpaired) electrons. The molecule has 26 heavy (non-hydrogen) atoms. The average Bonchev–Trinajstić information content (AvgIpc) is 3.39. The lowest BCUT2D eigenvalue weighted by Gasteiger charge is -2.33. The molecule has 1 aromatic carbocycles. The van der Waals surface area contributed by atoms with Crippen LogP contribution in [0.25, 0.3) is 0 Å². The van der Waals surface area contributed by atoms with Crippen molar-refractivity contribution in [2.45, 2.75) is 31.8 Å². The van der Waals surface area contributed by atoms with Crippen LogP contribution in [0.1, 0.15) is 34.9 Å². The summed E-state index contributed by atoms with van der Waals surface area (Å²) in [5.41, 5.74) is 2.07. The summed E-state index contributed by atoms with van der Waals surface area (Å²) in [4.78, 5) is 15.1. The third-order valence-electron chi connectivity index (χ3n) is 5.12. The van der Waals surface area contributed by atoms with Crippen molar-refractivity contribution in [1.29, 1.82) is 0 Å². The second-order valence-electron chi connectivity index (χ2n) is 6.86. The van der Waals surface area contributed by atoms with Crippen molar-refractivity contribution in [3.05, 3.63) is 78.4 Å². The van der Waals surface area contributed by atoms with E-state index in [0.717, 1.165) is 44.6 Å². The van der Waals surface area contributed by atoms with Gasteiger partial charge in [0, 0.05) is 38.2 Å². The first-order valence-corrected chi connectivity index (χ1v) is 9.29. The minimum Gasteiger partial charge on any atom is -0.343 e. The molecule has 3 aromatic rings. The molecule has 0 bridgehead atoms. The maximum Gasteiger partial charge on any atom is 0.270 e. The van der Waals surface area contributed by atoms with Gasteiger partial charge in [0.25, 0.3) is 5.91 Å². The number of piperidine rings is 1. The summed E-state index contributed by atoms with van der Waals surface area (Å²) in [6, 6.07) is 16.5. The molecule has 0 saturated carbocycles. The number of hydrogen-bond acceptors (Lipinski definition) is 2. The molecule has 0 spiro atoms. The van der Waals surface area contributed by atoms with E-state index in [1.165, 1.54) is 5.56 Å². The number of hydrogen-bond donors (Lipinski definition) is 0. The molecule has 134 valence electrons. The van der Waals surface area contributed by atoms with Gasteiger partial charge in [-0.15, -0.1) is 0 Å². The third kappa shape index (κ3) is 3.57. The van der Waals surface area contributed by atoms with Gasteiger partial charge in [-0.1, -0.05) is 30.3 Å². The molecule has 1 aliphatic rings. The van der Waals surface area contributed by atoms with Crippen molar-refractivity contribution in [2.75, 3.05) is 13.1 Å². The molecule has 0 aliphatic carbocycles. The molecule has 0 unspecified atom stereocenters. The van der Waals surface area contributed by atoms with Crippen molar-refractivity contribution in [2.24, 2.45) is 0 Å². The van der Waals surface area contributed by atoms with E-state index in [1.807, 2.05) is 46.2 Å². The van der Waals surface area contributed by atoms with E-state index in [1.54, 1.807) is 6.20 Å². The summed E-state index contributed by atoms with van der Waals surface area (Å²) in [5.74, 6) is 0.125. The number of aryl methyl sites for hydroxylation is 2. The Balaban J connectivity index is 1.44. The van der Waals surface area contributed by atoms with E-state index < -0.39 is 0 Å². The van der Waals surface area contributed by atoms with E-state index >= 15 is 0 Å². The molecular formula is C21H24N4O. The van der Waals surface area contributed by atoms with Crippen LogP contribution >= 0.6 is 0 Å². The Bertz CT molecular complexity index is 838. The Morgan fingerprint density at radius 3 is 2.77 bits per heavy atom. The Kier molecular flexibility index (Phi) is 4.86. The van der Waals surface area contributed by atoms with Crippen molar-refractivity contribution in [1.82, 2.24) is 19.2 Å². The zero-order valence-electron chi connectivity index (χ0n) is 14.9. The van der Waals surface area contributed by atoms with Gasteiger partial charge in [0.2, 0.25) is 0 Å². The SMILES string of the molecule is O=C(c1cccn1CCc1ccccc1)N1CCC[C@@H](n2cccn2)C1. The number of carbonyl (C=O) groups excluding carboxylic acids is 1. The van der Waals surface area contributed by atoms with Crippen LogP contribution in [0.15, 0.2) is 67.1 Å². The quantitative estimate of drug-likeness (QED) is 0.709. The Morgan fingerprint density at radius 2 is 1.96 bits per heavy atom. The van der Waals surface area contributed by atoms with Crippen LogP contribution in [0.4, 0.5) is 0 Å². The summed E-state index contributed by atoms with van der Waals surface area (Å²) in [6.07, 6.45) is 8.80. The van der Waals surface area contributed by atoms with Crippen LogP contribution in [0, 0.1) is 0 Å². The monoisotopic (exact) mass is 348 g/mol. The Hall–Kier alpha value is -2.82. The van der Waals surface area contributed by atoms with Crippen LogP contribution in [-0.4, -0.2) is 38.2 Å². The maximum absolute atomic E-state index is 13.1. The lowest BCUT2D eigenvalue weighted by molar-refractivity contribution is 0.0662. The number of benzene rings is 1. The van der Waals surface area contributed by atoms with Gasteiger partial charge < -0.3 is 9.47 Å². The van der Waals surface area contributed by atoms with Crippen molar-refractivity contribution in [3.63, 3.8) is 0 Å². The predicted molar refractivity (Wildman–Crippen MR) is 101 cm³/mol. The van der Waals surface area contributed by atoms with Gasteiger partial charge >= 0.3 is 0 Å². The molecule has 2 aromatic heterocycles. The van der Waals surface area contributed by atoms with E-state index in [2.05, 4.69) is 33.9 Å². The highest BCUT2D eigenvalue weighted by Crippen LogP contribution is 2.22. The zero-order chi connectivity index (χ0) is 17.8. The summed E-state index contributed by atoms with van der Waals surface area (Å²) >= 11 is 0. The number of carbonyl (C=O) groups is 1. The maximum atomic E-state index is 13.1. The molecule has 1 fully saturated rings. The van der Waals surface area contributed by atoms with Gasteiger partial charge in [-0.2, -0.15) is 5.10 Å². The molecule has 1 amide bonds. The van der Waals surface area contributed by atoms with Gasteiger partial charge in [-0.05, 0) is 43.0 Å². The van der Waals surface area contributed by atoms with Crippen LogP contribution in [0.2, 0.25) is 0 Å². The van der Waals surface area contributed by atoms with Crippen LogP contribution < -0.4 is 0 Å². The fraction of sp³-hybridized carbons (Fsp3) is 0.333. The molecule has 1 saturated heterocycles. The van der Waals surface area contributed by atoms with E-state index in [-0.39, 0.29) is 11.9 Å². The van der Waals surface area contributed by atoms with Crippen molar-refractivity contribution in [3.8, 4) is 0 Å². The van der Waals surface area contributed by atoms with Crippen molar-refractivity contribution < 1.29 is 4.79 Å². The number of likely N-dealkylation sites (tertiary alicyclic amines) is 1. The average molecular weight is 348 g/mol. The highest BCUT2D eigenvalue weighted by atomic mass is 16.2. The second kappa shape index (κ2) is 7.60. The molecular weight excluding hydrogens is 324 g/mol. The molecule has 3 heterocycles. The first-order valence-electron chi connectivity index (χ1n) is 9.29. The summed E-state index contributed by atoms with van der Waals surface area (Å²) < 4.78 is 4.06.